The van der Waals surface area contributed by atoms with Gasteiger partial charge in [-0.3, -0.25) is 4.79 Å². The second-order valence-corrected chi connectivity index (χ2v) is 6.54. The van der Waals surface area contributed by atoms with Crippen LogP contribution in [0.1, 0.15) is 15.9 Å². The number of nitrogens with one attached hydrogen (secondary N) is 1. The van der Waals surface area contributed by atoms with Gasteiger partial charge in [0.15, 0.2) is 0 Å². The number of nitrogens with zero attached hydrogens (tertiary/aromatic N) is 3. The molecule has 6 nitrogen and oxygen atoms in total. The Bertz CT molecular complexity index is 908. The lowest BCUT2D eigenvalue weighted by molar-refractivity contribution is 0.0999. The number of hydrogen-bond donors (Lipinski definition) is 2. The third kappa shape index (κ3) is 4.68. The number of anilines is 2. The summed E-state index contributed by atoms with van der Waals surface area (Å²) >= 11 is 0. The first-order valence-corrected chi connectivity index (χ1v) is 8.75. The molecule has 1 amide bonds. The van der Waals surface area contributed by atoms with Crippen molar-refractivity contribution in [1.29, 1.82) is 0 Å². The first kappa shape index (κ1) is 18.5. The first-order valence-electron chi connectivity index (χ1n) is 8.75. The molecule has 1 heterocycles. The van der Waals surface area contributed by atoms with E-state index in [-0.39, 0.29) is 0 Å². The van der Waals surface area contributed by atoms with E-state index in [9.17, 15) is 4.79 Å². The van der Waals surface area contributed by atoms with Gasteiger partial charge in [0.25, 0.3) is 0 Å². The van der Waals surface area contributed by atoms with Gasteiger partial charge < -0.3 is 16.0 Å². The molecule has 6 heteroatoms. The average Bonchev–Trinajstić information content (AvgIpc) is 2.68. The number of primary amides is 1. The fraction of sp³-hybridized carbons (Fsp3) is 0.190. The highest BCUT2D eigenvalue weighted by Gasteiger charge is 2.14. The number of carbonyl (C=O) groups excluding carboxylic acids is 1. The summed E-state index contributed by atoms with van der Waals surface area (Å²) in [6, 6.07) is 15.4. The van der Waals surface area contributed by atoms with Gasteiger partial charge in [-0.05, 0) is 43.8 Å². The normalized spacial score (nSPS) is 10.8. The smallest absolute Gasteiger partial charge is 0.249 e. The molecule has 0 aliphatic rings. The predicted molar refractivity (Wildman–Crippen MR) is 108 cm³/mol. The molecule has 0 atom stereocenters. The van der Waals surface area contributed by atoms with E-state index in [4.69, 9.17) is 5.73 Å². The second-order valence-electron chi connectivity index (χ2n) is 6.54. The lowest BCUT2D eigenvalue weighted by atomic mass is 10.0. The van der Waals surface area contributed by atoms with Crippen molar-refractivity contribution in [3.63, 3.8) is 0 Å². The van der Waals surface area contributed by atoms with Gasteiger partial charge in [-0.15, -0.1) is 0 Å². The summed E-state index contributed by atoms with van der Waals surface area (Å²) in [4.78, 5) is 22.7. The van der Waals surface area contributed by atoms with Gasteiger partial charge in [0.1, 0.15) is 0 Å². The van der Waals surface area contributed by atoms with Gasteiger partial charge in [-0.25, -0.2) is 9.97 Å². The fourth-order valence-corrected chi connectivity index (χ4v) is 2.83. The van der Waals surface area contributed by atoms with Crippen LogP contribution in [0.15, 0.2) is 60.9 Å². The van der Waals surface area contributed by atoms with Crippen LogP contribution in [0.4, 0.5) is 11.6 Å². The van der Waals surface area contributed by atoms with Crippen LogP contribution in [0.2, 0.25) is 0 Å². The van der Waals surface area contributed by atoms with E-state index < -0.39 is 5.91 Å². The van der Waals surface area contributed by atoms with Crippen molar-refractivity contribution >= 4 is 17.5 Å². The average molecular weight is 361 g/mol. The molecule has 0 unspecified atom stereocenters. The van der Waals surface area contributed by atoms with E-state index in [1.54, 1.807) is 24.5 Å². The topological polar surface area (TPSA) is 84.1 Å². The minimum absolute atomic E-state index is 0.437. The van der Waals surface area contributed by atoms with Gasteiger partial charge >= 0.3 is 0 Å². The van der Waals surface area contributed by atoms with Crippen LogP contribution in [0.3, 0.4) is 0 Å². The molecule has 3 aromatic rings. The fourth-order valence-electron chi connectivity index (χ4n) is 2.83. The van der Waals surface area contributed by atoms with Crippen LogP contribution in [0, 0.1) is 0 Å². The number of aromatic nitrogens is 2. The standard InChI is InChI=1S/C21H23N5O/c1-26(2)12-11-17-18(20(22)27)9-6-10-19(17)25-21-23-13-16(14-24-21)15-7-4-3-5-8-15/h3-10,13-14H,11-12H2,1-2H3,(H2,22,27)(H,23,24,25). The molecule has 3 N–H and O–H groups in total. The summed E-state index contributed by atoms with van der Waals surface area (Å²) in [5, 5.41) is 3.22. The molecule has 27 heavy (non-hydrogen) atoms. The second kappa shape index (κ2) is 8.42. The molecule has 0 bridgehead atoms. The molecule has 3 rings (SSSR count). The van der Waals surface area contributed by atoms with Crippen LogP contribution < -0.4 is 11.1 Å². The SMILES string of the molecule is CN(C)CCc1c(Nc2ncc(-c3ccccc3)cn2)cccc1C(N)=O. The highest BCUT2D eigenvalue weighted by molar-refractivity contribution is 5.96. The van der Waals surface area contributed by atoms with Crippen molar-refractivity contribution in [2.45, 2.75) is 6.42 Å². The van der Waals surface area contributed by atoms with Crippen LogP contribution >= 0.6 is 0 Å². The van der Waals surface area contributed by atoms with E-state index in [2.05, 4.69) is 20.2 Å². The third-order valence-corrected chi connectivity index (χ3v) is 4.26. The first-order chi connectivity index (χ1) is 13.0. The van der Waals surface area contributed by atoms with Crippen molar-refractivity contribution in [3.8, 4) is 11.1 Å². The number of nitrogens with two attached hydrogens (primary N) is 1. The number of carbonyl (C=O) groups is 1. The zero-order valence-corrected chi connectivity index (χ0v) is 15.5. The molecule has 0 fully saturated rings. The number of likely N-dealkylation sites (N-methyl/N-ethyl adjacent to an activating group) is 1. The summed E-state index contributed by atoms with van der Waals surface area (Å²) in [5.41, 5.74) is 9.74. The van der Waals surface area contributed by atoms with Crippen LogP contribution in [0.5, 0.6) is 0 Å². The van der Waals surface area contributed by atoms with E-state index in [1.165, 1.54) is 0 Å². The largest absolute Gasteiger partial charge is 0.366 e. The van der Waals surface area contributed by atoms with Crippen molar-refractivity contribution in [2.75, 3.05) is 26.0 Å². The van der Waals surface area contributed by atoms with Crippen LogP contribution in [0.25, 0.3) is 11.1 Å². The molecular weight excluding hydrogens is 338 g/mol. The zero-order chi connectivity index (χ0) is 19.2. The molecule has 1 aromatic heterocycles. The molecule has 0 aliphatic heterocycles. The molecule has 0 saturated carbocycles. The highest BCUT2D eigenvalue weighted by Crippen LogP contribution is 2.24. The number of hydrogen-bond acceptors (Lipinski definition) is 5. The number of rotatable bonds is 7. The Morgan fingerprint density at radius 3 is 2.33 bits per heavy atom. The van der Waals surface area contributed by atoms with Gasteiger partial charge in [-0.2, -0.15) is 0 Å². The lowest BCUT2D eigenvalue weighted by Crippen LogP contribution is -2.20. The summed E-state index contributed by atoms with van der Waals surface area (Å²) in [6.45, 7) is 0.798. The van der Waals surface area contributed by atoms with Gasteiger partial charge in [0.2, 0.25) is 11.9 Å². The van der Waals surface area contributed by atoms with Crippen molar-refractivity contribution in [3.05, 3.63) is 72.1 Å². The van der Waals surface area contributed by atoms with Crippen molar-refractivity contribution < 1.29 is 4.79 Å². The Labute approximate surface area is 159 Å². The zero-order valence-electron chi connectivity index (χ0n) is 15.5. The lowest BCUT2D eigenvalue weighted by Gasteiger charge is -2.16. The summed E-state index contributed by atoms with van der Waals surface area (Å²) in [5.74, 6) is 0.0372. The molecular formula is C21H23N5O. The maximum absolute atomic E-state index is 11.8. The Morgan fingerprint density at radius 1 is 1.00 bits per heavy atom. The summed E-state index contributed by atoms with van der Waals surface area (Å²) in [6.07, 6.45) is 4.25. The van der Waals surface area contributed by atoms with Crippen molar-refractivity contribution in [2.24, 2.45) is 5.73 Å². The molecule has 0 spiro atoms. The van der Waals surface area contributed by atoms with E-state index >= 15 is 0 Å². The van der Waals surface area contributed by atoms with Crippen LogP contribution in [-0.4, -0.2) is 41.4 Å². The monoisotopic (exact) mass is 361 g/mol. The Morgan fingerprint density at radius 2 is 1.70 bits per heavy atom. The van der Waals surface area contributed by atoms with E-state index in [0.29, 0.717) is 17.9 Å². The van der Waals surface area contributed by atoms with Crippen molar-refractivity contribution in [1.82, 2.24) is 14.9 Å². The van der Waals surface area contributed by atoms with Gasteiger partial charge in [0.05, 0.1) is 0 Å². The summed E-state index contributed by atoms with van der Waals surface area (Å²) < 4.78 is 0. The van der Waals surface area contributed by atoms with Gasteiger partial charge in [0, 0.05) is 35.8 Å². The Kier molecular flexibility index (Phi) is 5.78. The number of amides is 1. The molecule has 0 saturated heterocycles. The third-order valence-electron chi connectivity index (χ3n) is 4.26. The molecule has 2 aromatic carbocycles. The Balaban J connectivity index is 1.86. The predicted octanol–water partition coefficient (Wildman–Crippen LogP) is 3.09. The maximum Gasteiger partial charge on any atom is 0.249 e. The quantitative estimate of drug-likeness (QED) is 0.675. The molecule has 0 radical (unpaired) electrons. The highest BCUT2D eigenvalue weighted by atomic mass is 16.1. The molecule has 138 valence electrons. The van der Waals surface area contributed by atoms with Crippen LogP contribution in [-0.2, 0) is 6.42 Å². The van der Waals surface area contributed by atoms with E-state index in [1.807, 2.05) is 50.5 Å². The minimum atomic E-state index is -0.437. The van der Waals surface area contributed by atoms with Gasteiger partial charge in [-0.1, -0.05) is 36.4 Å². The minimum Gasteiger partial charge on any atom is -0.366 e. The maximum atomic E-state index is 11.8. The summed E-state index contributed by atoms with van der Waals surface area (Å²) in [7, 11) is 3.98. The van der Waals surface area contributed by atoms with E-state index in [0.717, 1.165) is 28.9 Å². The number of benzene rings is 2. The molecule has 0 aliphatic carbocycles. The Hall–Kier alpha value is -3.25.